The third kappa shape index (κ3) is 1.78. The van der Waals surface area contributed by atoms with Gasteiger partial charge in [-0.3, -0.25) is 9.20 Å². The maximum atomic E-state index is 11.6. The summed E-state index contributed by atoms with van der Waals surface area (Å²) in [7, 11) is 0. The minimum atomic E-state index is 0.0424. The molecule has 4 heteroatoms. The van der Waals surface area contributed by atoms with E-state index in [1.54, 1.807) is 16.5 Å². The van der Waals surface area contributed by atoms with Gasteiger partial charge in [0.15, 0.2) is 0 Å². The molecule has 1 fully saturated rings. The molecule has 3 heterocycles. The molecule has 0 bridgehead atoms. The molecule has 1 saturated heterocycles. The summed E-state index contributed by atoms with van der Waals surface area (Å²) in [4.78, 5) is 14.9. The summed E-state index contributed by atoms with van der Waals surface area (Å²) in [6, 6.07) is 5.33. The fourth-order valence-corrected chi connectivity index (χ4v) is 3.53. The molecule has 0 aliphatic carbocycles. The van der Waals surface area contributed by atoms with Crippen LogP contribution in [-0.2, 0) is 6.42 Å². The summed E-state index contributed by atoms with van der Waals surface area (Å²) in [5, 5.41) is 0. The third-order valence-corrected chi connectivity index (χ3v) is 4.33. The second kappa shape index (κ2) is 4.01. The topological polar surface area (TPSA) is 37.3 Å². The normalized spacial score (nSPS) is 20.6. The van der Waals surface area contributed by atoms with Crippen molar-refractivity contribution in [1.82, 2.24) is 9.38 Å². The molecule has 0 aromatic carbocycles. The number of aromatic nitrogens is 2. The van der Waals surface area contributed by atoms with Gasteiger partial charge in [0.2, 0.25) is 0 Å². The number of thioether (sulfide) groups is 1. The van der Waals surface area contributed by atoms with Gasteiger partial charge in [0.1, 0.15) is 5.65 Å². The van der Waals surface area contributed by atoms with Crippen LogP contribution < -0.4 is 5.56 Å². The van der Waals surface area contributed by atoms with Gasteiger partial charge in [-0.05, 0) is 36.3 Å². The summed E-state index contributed by atoms with van der Waals surface area (Å²) in [5.74, 6) is 3.31. The average molecular weight is 234 g/mol. The highest BCUT2D eigenvalue weighted by Gasteiger charge is 2.16. The van der Waals surface area contributed by atoms with Crippen molar-refractivity contribution >= 4 is 17.4 Å². The number of fused-ring (bicyclic) bond motifs is 1. The molecule has 0 spiro atoms. The average Bonchev–Trinajstić information content (AvgIpc) is 2.88. The van der Waals surface area contributed by atoms with Crippen molar-refractivity contribution in [2.45, 2.75) is 12.8 Å². The fraction of sp³-hybridized carbons (Fsp3) is 0.417. The number of aromatic amines is 1. The van der Waals surface area contributed by atoms with Crippen molar-refractivity contribution in [3.8, 4) is 0 Å². The summed E-state index contributed by atoms with van der Waals surface area (Å²) in [5.41, 5.74) is 2.12. The van der Waals surface area contributed by atoms with Crippen LogP contribution in [0.5, 0.6) is 0 Å². The minimum Gasteiger partial charge on any atom is -0.343 e. The van der Waals surface area contributed by atoms with Gasteiger partial charge in [-0.2, -0.15) is 11.8 Å². The van der Waals surface area contributed by atoms with E-state index >= 15 is 0 Å². The predicted molar refractivity (Wildman–Crippen MR) is 67.2 cm³/mol. The summed E-state index contributed by atoms with van der Waals surface area (Å²) < 4.78 is 1.69. The molecule has 0 amide bonds. The van der Waals surface area contributed by atoms with Crippen LogP contribution in [0.2, 0.25) is 0 Å². The molecular formula is C12H14N2OS. The number of H-pyrrole nitrogens is 1. The highest BCUT2D eigenvalue weighted by atomic mass is 32.2. The van der Waals surface area contributed by atoms with E-state index in [9.17, 15) is 4.79 Å². The third-order valence-electron chi connectivity index (χ3n) is 3.10. The zero-order valence-corrected chi connectivity index (χ0v) is 9.80. The van der Waals surface area contributed by atoms with Gasteiger partial charge in [0.25, 0.3) is 5.56 Å². The van der Waals surface area contributed by atoms with Crippen molar-refractivity contribution in [2.24, 2.45) is 5.92 Å². The van der Waals surface area contributed by atoms with E-state index in [1.807, 2.05) is 24.0 Å². The Morgan fingerprint density at radius 1 is 1.50 bits per heavy atom. The Bertz CT molecular complexity index is 551. The summed E-state index contributed by atoms with van der Waals surface area (Å²) in [6.45, 7) is 0. The zero-order valence-electron chi connectivity index (χ0n) is 8.98. The minimum absolute atomic E-state index is 0.0424. The molecule has 16 heavy (non-hydrogen) atoms. The molecule has 1 unspecified atom stereocenters. The van der Waals surface area contributed by atoms with E-state index in [-0.39, 0.29) is 5.56 Å². The molecule has 0 saturated carbocycles. The molecule has 3 rings (SSSR count). The van der Waals surface area contributed by atoms with Gasteiger partial charge in [-0.25, -0.2) is 0 Å². The Labute approximate surface area is 97.9 Å². The van der Waals surface area contributed by atoms with Gasteiger partial charge in [0, 0.05) is 18.0 Å². The molecule has 2 aromatic rings. The van der Waals surface area contributed by atoms with Gasteiger partial charge >= 0.3 is 0 Å². The fourth-order valence-electron chi connectivity index (χ4n) is 2.25. The molecule has 1 N–H and O–H groups in total. The van der Waals surface area contributed by atoms with Crippen molar-refractivity contribution in [2.75, 3.05) is 11.5 Å². The van der Waals surface area contributed by atoms with Crippen LogP contribution >= 0.6 is 11.8 Å². The lowest BCUT2D eigenvalue weighted by molar-refractivity contribution is 0.588. The second-order valence-electron chi connectivity index (χ2n) is 4.33. The Kier molecular flexibility index (Phi) is 2.52. The van der Waals surface area contributed by atoms with E-state index in [0.717, 1.165) is 18.0 Å². The molecule has 84 valence electrons. The van der Waals surface area contributed by atoms with Gasteiger partial charge in [0.05, 0.1) is 0 Å². The number of nitrogens with zero attached hydrogens (tertiary/aromatic N) is 1. The first-order chi connectivity index (χ1) is 7.83. The van der Waals surface area contributed by atoms with E-state index in [4.69, 9.17) is 0 Å². The van der Waals surface area contributed by atoms with E-state index in [1.165, 1.54) is 23.6 Å². The maximum Gasteiger partial charge on any atom is 0.256 e. The first-order valence-corrected chi connectivity index (χ1v) is 6.75. The SMILES string of the molecule is O=c1cccc2[nH]c(CC3CCSC3)cn12. The first-order valence-electron chi connectivity index (χ1n) is 5.60. The molecule has 2 aromatic heterocycles. The largest absolute Gasteiger partial charge is 0.343 e. The first kappa shape index (κ1) is 10.0. The second-order valence-corrected chi connectivity index (χ2v) is 5.48. The van der Waals surface area contributed by atoms with Crippen LogP contribution in [0.1, 0.15) is 12.1 Å². The van der Waals surface area contributed by atoms with Crippen molar-refractivity contribution in [3.63, 3.8) is 0 Å². The predicted octanol–water partition coefficient (Wildman–Crippen LogP) is 1.92. The van der Waals surface area contributed by atoms with Crippen LogP contribution in [0, 0.1) is 5.92 Å². The smallest absolute Gasteiger partial charge is 0.256 e. The number of imidazole rings is 1. The number of hydrogen-bond acceptors (Lipinski definition) is 2. The highest BCUT2D eigenvalue weighted by Crippen LogP contribution is 2.26. The molecule has 1 aliphatic heterocycles. The Morgan fingerprint density at radius 3 is 3.19 bits per heavy atom. The van der Waals surface area contributed by atoms with Crippen LogP contribution in [0.15, 0.2) is 29.2 Å². The number of hydrogen-bond donors (Lipinski definition) is 1. The Hall–Kier alpha value is -1.16. The molecule has 1 aliphatic rings. The lowest BCUT2D eigenvalue weighted by Gasteiger charge is -2.04. The van der Waals surface area contributed by atoms with Gasteiger partial charge in [-0.15, -0.1) is 0 Å². The molecule has 0 radical (unpaired) electrons. The van der Waals surface area contributed by atoms with Gasteiger partial charge < -0.3 is 4.98 Å². The lowest BCUT2D eigenvalue weighted by Crippen LogP contribution is -2.08. The highest BCUT2D eigenvalue weighted by molar-refractivity contribution is 7.99. The number of nitrogens with one attached hydrogen (secondary N) is 1. The standard InChI is InChI=1S/C12H14N2OS/c15-12-3-1-2-11-13-10(7-14(11)12)6-9-4-5-16-8-9/h1-3,7,9,13H,4-6,8H2. The maximum absolute atomic E-state index is 11.6. The zero-order chi connectivity index (χ0) is 11.0. The molecule has 1 atom stereocenters. The summed E-state index contributed by atoms with van der Waals surface area (Å²) in [6.07, 6.45) is 4.31. The van der Waals surface area contributed by atoms with E-state index in [0.29, 0.717) is 0 Å². The van der Waals surface area contributed by atoms with Crippen molar-refractivity contribution in [1.29, 1.82) is 0 Å². The van der Waals surface area contributed by atoms with Crippen molar-refractivity contribution in [3.05, 3.63) is 40.4 Å². The Morgan fingerprint density at radius 2 is 2.44 bits per heavy atom. The summed E-state index contributed by atoms with van der Waals surface area (Å²) >= 11 is 2.03. The quantitative estimate of drug-likeness (QED) is 0.862. The molecule has 3 nitrogen and oxygen atoms in total. The lowest BCUT2D eigenvalue weighted by atomic mass is 10.0. The van der Waals surface area contributed by atoms with Crippen molar-refractivity contribution < 1.29 is 0 Å². The monoisotopic (exact) mass is 234 g/mol. The Balaban J connectivity index is 1.93. The van der Waals surface area contributed by atoms with E-state index < -0.39 is 0 Å². The van der Waals surface area contributed by atoms with Crippen LogP contribution in [-0.4, -0.2) is 20.9 Å². The van der Waals surface area contributed by atoms with Crippen LogP contribution in [0.3, 0.4) is 0 Å². The van der Waals surface area contributed by atoms with Crippen LogP contribution in [0.25, 0.3) is 5.65 Å². The number of rotatable bonds is 2. The number of pyridine rings is 1. The van der Waals surface area contributed by atoms with Crippen LogP contribution in [0.4, 0.5) is 0 Å². The van der Waals surface area contributed by atoms with E-state index in [2.05, 4.69) is 4.98 Å². The molecular weight excluding hydrogens is 220 g/mol. The van der Waals surface area contributed by atoms with Gasteiger partial charge in [-0.1, -0.05) is 6.07 Å².